The average Bonchev–Trinajstić information content (AvgIpc) is 2.54. The first-order chi connectivity index (χ1) is 6.38. The summed E-state index contributed by atoms with van der Waals surface area (Å²) in [4.78, 5) is 0. The lowest BCUT2D eigenvalue weighted by Crippen LogP contribution is -2.43. The zero-order valence-corrected chi connectivity index (χ0v) is 8.59. The van der Waals surface area contributed by atoms with Gasteiger partial charge in [-0.05, 0) is 31.6 Å². The van der Waals surface area contributed by atoms with Crippen LogP contribution in [0.2, 0.25) is 0 Å². The van der Waals surface area contributed by atoms with E-state index in [1.165, 1.54) is 32.1 Å². The molecule has 2 nitrogen and oxygen atoms in total. The zero-order chi connectivity index (χ0) is 9.10. The second-order valence-corrected chi connectivity index (χ2v) is 4.49. The lowest BCUT2D eigenvalue weighted by molar-refractivity contribution is 0.0979. The first kappa shape index (κ1) is 9.47. The van der Waals surface area contributed by atoms with Crippen LogP contribution in [0.4, 0.5) is 0 Å². The van der Waals surface area contributed by atoms with E-state index in [4.69, 9.17) is 4.74 Å². The molecule has 2 rings (SSSR count). The van der Waals surface area contributed by atoms with Gasteiger partial charge in [-0.15, -0.1) is 0 Å². The molecule has 13 heavy (non-hydrogen) atoms. The summed E-state index contributed by atoms with van der Waals surface area (Å²) in [5.41, 5.74) is 0. The normalized spacial score (nSPS) is 39.0. The van der Waals surface area contributed by atoms with Crippen molar-refractivity contribution in [1.29, 1.82) is 0 Å². The molecule has 0 bridgehead atoms. The highest BCUT2D eigenvalue weighted by Crippen LogP contribution is 2.29. The smallest absolute Gasteiger partial charge is 0.0700 e. The van der Waals surface area contributed by atoms with Gasteiger partial charge in [0.25, 0.3) is 0 Å². The summed E-state index contributed by atoms with van der Waals surface area (Å²) in [7, 11) is 0. The topological polar surface area (TPSA) is 21.3 Å². The van der Waals surface area contributed by atoms with Crippen molar-refractivity contribution in [3.05, 3.63) is 0 Å². The molecule has 0 aromatic rings. The molecule has 0 aromatic heterocycles. The lowest BCUT2D eigenvalue weighted by Gasteiger charge is -2.36. The Morgan fingerprint density at radius 2 is 2.23 bits per heavy atom. The molecule has 2 aliphatic rings. The van der Waals surface area contributed by atoms with Crippen molar-refractivity contribution in [3.63, 3.8) is 0 Å². The SMILES string of the molecule is CCC1CC(NC[C@H]2CCCO2)C1. The minimum absolute atomic E-state index is 0.515. The zero-order valence-electron chi connectivity index (χ0n) is 8.59. The molecule has 1 N–H and O–H groups in total. The van der Waals surface area contributed by atoms with Crippen LogP contribution in [0.15, 0.2) is 0 Å². The maximum atomic E-state index is 5.56. The van der Waals surface area contributed by atoms with Crippen molar-refractivity contribution < 1.29 is 4.74 Å². The maximum Gasteiger partial charge on any atom is 0.0700 e. The average molecular weight is 183 g/mol. The van der Waals surface area contributed by atoms with E-state index in [1.54, 1.807) is 0 Å². The van der Waals surface area contributed by atoms with Gasteiger partial charge in [0.15, 0.2) is 0 Å². The summed E-state index contributed by atoms with van der Waals surface area (Å²) in [6.07, 6.45) is 7.18. The number of nitrogens with one attached hydrogen (secondary N) is 1. The molecule has 0 amide bonds. The van der Waals surface area contributed by atoms with E-state index < -0.39 is 0 Å². The molecule has 2 heteroatoms. The second-order valence-electron chi connectivity index (χ2n) is 4.49. The van der Waals surface area contributed by atoms with E-state index in [9.17, 15) is 0 Å². The van der Waals surface area contributed by atoms with Crippen molar-refractivity contribution in [2.24, 2.45) is 5.92 Å². The van der Waals surface area contributed by atoms with Crippen LogP contribution in [0.25, 0.3) is 0 Å². The van der Waals surface area contributed by atoms with Crippen LogP contribution in [0, 0.1) is 5.92 Å². The molecule has 0 spiro atoms. The van der Waals surface area contributed by atoms with Crippen LogP contribution in [-0.2, 0) is 4.74 Å². The Morgan fingerprint density at radius 3 is 2.85 bits per heavy atom. The van der Waals surface area contributed by atoms with E-state index in [-0.39, 0.29) is 0 Å². The minimum atomic E-state index is 0.515. The Hall–Kier alpha value is -0.0800. The highest BCUT2D eigenvalue weighted by Gasteiger charge is 2.28. The summed E-state index contributed by atoms with van der Waals surface area (Å²) in [6.45, 7) is 4.36. The molecule has 76 valence electrons. The van der Waals surface area contributed by atoms with Crippen LogP contribution in [0.1, 0.15) is 39.0 Å². The third-order valence-electron chi connectivity index (χ3n) is 3.47. The number of rotatable bonds is 4. The molecule has 1 aliphatic heterocycles. The van der Waals surface area contributed by atoms with Crippen LogP contribution in [-0.4, -0.2) is 25.3 Å². The summed E-state index contributed by atoms with van der Waals surface area (Å²) in [5, 5.41) is 3.60. The predicted octanol–water partition coefficient (Wildman–Crippen LogP) is 1.94. The van der Waals surface area contributed by atoms with E-state index in [2.05, 4.69) is 12.2 Å². The minimum Gasteiger partial charge on any atom is -0.377 e. The van der Waals surface area contributed by atoms with Crippen molar-refractivity contribution in [1.82, 2.24) is 5.32 Å². The van der Waals surface area contributed by atoms with E-state index >= 15 is 0 Å². The molecular formula is C11H21NO. The van der Waals surface area contributed by atoms with Gasteiger partial charge in [0.1, 0.15) is 0 Å². The Labute approximate surface area is 81.0 Å². The van der Waals surface area contributed by atoms with Gasteiger partial charge in [-0.1, -0.05) is 13.3 Å². The largest absolute Gasteiger partial charge is 0.377 e. The summed E-state index contributed by atoms with van der Waals surface area (Å²) < 4.78 is 5.56. The summed E-state index contributed by atoms with van der Waals surface area (Å²) in [5.74, 6) is 1.00. The van der Waals surface area contributed by atoms with Crippen LogP contribution < -0.4 is 5.32 Å². The fraction of sp³-hybridized carbons (Fsp3) is 1.00. The Balaban J connectivity index is 1.54. The number of hydrogen-bond acceptors (Lipinski definition) is 2. The van der Waals surface area contributed by atoms with Gasteiger partial charge in [-0.2, -0.15) is 0 Å². The maximum absolute atomic E-state index is 5.56. The third-order valence-corrected chi connectivity index (χ3v) is 3.47. The van der Waals surface area contributed by atoms with Gasteiger partial charge < -0.3 is 10.1 Å². The Kier molecular flexibility index (Phi) is 3.23. The third kappa shape index (κ3) is 2.44. The summed E-state index contributed by atoms with van der Waals surface area (Å²) >= 11 is 0. The van der Waals surface area contributed by atoms with Gasteiger partial charge in [-0.3, -0.25) is 0 Å². The second kappa shape index (κ2) is 4.43. The molecule has 0 unspecified atom stereocenters. The molecule has 0 aromatic carbocycles. The van der Waals surface area contributed by atoms with Crippen molar-refractivity contribution in [2.75, 3.05) is 13.2 Å². The van der Waals surface area contributed by atoms with Crippen molar-refractivity contribution >= 4 is 0 Å². The number of ether oxygens (including phenoxy) is 1. The molecule has 1 aliphatic carbocycles. The van der Waals surface area contributed by atoms with Crippen molar-refractivity contribution in [3.8, 4) is 0 Å². The van der Waals surface area contributed by atoms with Gasteiger partial charge in [0, 0.05) is 19.2 Å². The highest BCUT2D eigenvalue weighted by molar-refractivity contribution is 4.85. The first-order valence-electron chi connectivity index (χ1n) is 5.73. The van der Waals surface area contributed by atoms with E-state index in [0.717, 1.165) is 25.1 Å². The predicted molar refractivity (Wildman–Crippen MR) is 53.8 cm³/mol. The standard InChI is InChI=1S/C11H21NO/c1-2-9-6-10(7-9)12-8-11-4-3-5-13-11/h9-12H,2-8H2,1H3/t9?,10?,11-/m1/s1. The first-order valence-corrected chi connectivity index (χ1v) is 5.73. The van der Waals surface area contributed by atoms with Crippen LogP contribution in [0.5, 0.6) is 0 Å². The summed E-state index contributed by atoms with van der Waals surface area (Å²) in [6, 6.07) is 0.800. The van der Waals surface area contributed by atoms with Gasteiger partial charge in [0.05, 0.1) is 6.10 Å². The van der Waals surface area contributed by atoms with Gasteiger partial charge in [-0.25, -0.2) is 0 Å². The van der Waals surface area contributed by atoms with Gasteiger partial charge >= 0.3 is 0 Å². The van der Waals surface area contributed by atoms with Crippen LogP contribution >= 0.6 is 0 Å². The number of hydrogen-bond donors (Lipinski definition) is 1. The lowest BCUT2D eigenvalue weighted by atomic mass is 9.78. The van der Waals surface area contributed by atoms with Crippen molar-refractivity contribution in [2.45, 2.75) is 51.2 Å². The molecule has 1 saturated carbocycles. The molecular weight excluding hydrogens is 162 g/mol. The van der Waals surface area contributed by atoms with E-state index in [0.29, 0.717) is 6.10 Å². The molecule has 1 heterocycles. The van der Waals surface area contributed by atoms with Gasteiger partial charge in [0.2, 0.25) is 0 Å². The van der Waals surface area contributed by atoms with E-state index in [1.807, 2.05) is 0 Å². The molecule has 0 radical (unpaired) electrons. The highest BCUT2D eigenvalue weighted by atomic mass is 16.5. The molecule has 1 saturated heterocycles. The fourth-order valence-corrected chi connectivity index (χ4v) is 2.34. The fourth-order valence-electron chi connectivity index (χ4n) is 2.34. The Bertz CT molecular complexity index is 148. The quantitative estimate of drug-likeness (QED) is 0.719. The molecule has 1 atom stereocenters. The van der Waals surface area contributed by atoms with Crippen LogP contribution in [0.3, 0.4) is 0 Å². The Morgan fingerprint density at radius 1 is 1.38 bits per heavy atom. The molecule has 2 fully saturated rings. The monoisotopic (exact) mass is 183 g/mol.